The fourth-order valence-electron chi connectivity index (χ4n) is 2.53. The molecule has 0 spiro atoms. The Hall–Kier alpha value is -1.89. The zero-order valence-corrected chi connectivity index (χ0v) is 12.4. The molecule has 0 atom stereocenters. The summed E-state index contributed by atoms with van der Waals surface area (Å²) in [4.78, 5) is 29.3. The average Bonchev–Trinajstić information content (AvgIpc) is 2.78. The van der Waals surface area contributed by atoms with Crippen LogP contribution in [-0.4, -0.2) is 25.7 Å². The maximum atomic E-state index is 12.5. The van der Waals surface area contributed by atoms with E-state index < -0.39 is 0 Å². The zero-order chi connectivity index (χ0) is 14.9. The molecule has 7 nitrogen and oxygen atoms in total. The van der Waals surface area contributed by atoms with Crippen LogP contribution in [-0.2, 0) is 26.2 Å². The topological polar surface area (TPSA) is 73.8 Å². The van der Waals surface area contributed by atoms with E-state index in [1.54, 1.807) is 11.5 Å². The third-order valence-electron chi connectivity index (χ3n) is 3.48. The summed E-state index contributed by atoms with van der Waals surface area (Å²) >= 11 is 0. The highest BCUT2D eigenvalue weighted by molar-refractivity contribution is 5.71. The van der Waals surface area contributed by atoms with Gasteiger partial charge in [-0.05, 0) is 27.8 Å². The smallest absolute Gasteiger partial charge is 0.321 e. The number of nitrogens with one attached hydrogen (secondary N) is 1. The second kappa shape index (κ2) is 5.62. The number of hydrogen-bond donors (Lipinski definition) is 1. The van der Waals surface area contributed by atoms with E-state index in [2.05, 4.69) is 10.3 Å². The number of nitrogens with zero attached hydrogens (tertiary/aromatic N) is 4. The molecule has 2 rings (SSSR count). The number of aryl methyl sites for hydroxylation is 2. The van der Waals surface area contributed by atoms with E-state index in [-0.39, 0.29) is 11.2 Å². The quantitative estimate of drug-likeness (QED) is 0.845. The van der Waals surface area contributed by atoms with E-state index in [4.69, 9.17) is 0 Å². The van der Waals surface area contributed by atoms with Gasteiger partial charge in [0.2, 0.25) is 0 Å². The fourth-order valence-corrected chi connectivity index (χ4v) is 2.53. The Labute approximate surface area is 116 Å². The fraction of sp³-hybridized carbons (Fsp3) is 0.615. The molecular weight excluding hydrogens is 258 g/mol. The monoisotopic (exact) mass is 279 g/mol. The number of fused-ring (bicyclic) bond motifs is 1. The van der Waals surface area contributed by atoms with Crippen molar-refractivity contribution < 1.29 is 0 Å². The predicted octanol–water partition coefficient (Wildman–Crippen LogP) is 0.139. The van der Waals surface area contributed by atoms with Crippen molar-refractivity contribution >= 4 is 11.2 Å². The molecule has 0 saturated carbocycles. The maximum Gasteiger partial charge on any atom is 0.332 e. The van der Waals surface area contributed by atoms with Crippen LogP contribution in [0.1, 0.15) is 26.6 Å². The van der Waals surface area contributed by atoms with Crippen LogP contribution in [0.4, 0.5) is 0 Å². The van der Waals surface area contributed by atoms with Crippen molar-refractivity contribution in [3.8, 4) is 0 Å². The van der Waals surface area contributed by atoms with Crippen molar-refractivity contribution in [3.05, 3.63) is 26.7 Å². The summed E-state index contributed by atoms with van der Waals surface area (Å²) in [6, 6.07) is 0. The van der Waals surface area contributed by atoms with Crippen LogP contribution >= 0.6 is 0 Å². The normalized spacial score (nSPS) is 11.4. The van der Waals surface area contributed by atoms with Gasteiger partial charge in [0.05, 0.1) is 6.54 Å². The van der Waals surface area contributed by atoms with Gasteiger partial charge in [-0.1, -0.05) is 0 Å². The zero-order valence-electron chi connectivity index (χ0n) is 12.4. The van der Waals surface area contributed by atoms with E-state index in [1.807, 2.05) is 25.5 Å². The second-order valence-electron chi connectivity index (χ2n) is 4.55. The van der Waals surface area contributed by atoms with Crippen LogP contribution in [0.15, 0.2) is 9.59 Å². The number of rotatable bonds is 5. The molecule has 2 aromatic heterocycles. The van der Waals surface area contributed by atoms with Crippen molar-refractivity contribution in [1.29, 1.82) is 0 Å². The van der Waals surface area contributed by atoms with Gasteiger partial charge in [-0.3, -0.25) is 13.9 Å². The Morgan fingerprint density at radius 3 is 2.10 bits per heavy atom. The summed E-state index contributed by atoms with van der Waals surface area (Å²) in [7, 11) is 1.83. The standard InChI is InChI=1S/C13H21N5O2/c1-5-16-9(8-14-4)15-11-10(16)12(19)18(7-3)13(20)17(11)6-2/h14H,5-8H2,1-4H3. The lowest BCUT2D eigenvalue weighted by atomic mass is 10.4. The highest BCUT2D eigenvalue weighted by Gasteiger charge is 2.19. The lowest BCUT2D eigenvalue weighted by Gasteiger charge is -2.09. The Morgan fingerprint density at radius 2 is 1.60 bits per heavy atom. The van der Waals surface area contributed by atoms with Crippen molar-refractivity contribution in [2.24, 2.45) is 0 Å². The van der Waals surface area contributed by atoms with Gasteiger partial charge in [-0.2, -0.15) is 0 Å². The molecule has 0 bridgehead atoms. The molecular formula is C13H21N5O2. The van der Waals surface area contributed by atoms with Gasteiger partial charge in [0.15, 0.2) is 11.2 Å². The molecule has 1 N–H and O–H groups in total. The van der Waals surface area contributed by atoms with Crippen molar-refractivity contribution in [2.75, 3.05) is 7.05 Å². The SMILES string of the molecule is CCn1c(=O)c2c(nc(CNC)n2CC)n(CC)c1=O. The van der Waals surface area contributed by atoms with E-state index >= 15 is 0 Å². The average molecular weight is 279 g/mol. The summed E-state index contributed by atoms with van der Waals surface area (Å²) in [5.74, 6) is 0.776. The van der Waals surface area contributed by atoms with Crippen molar-refractivity contribution in [2.45, 2.75) is 47.0 Å². The van der Waals surface area contributed by atoms with E-state index in [1.165, 1.54) is 4.57 Å². The first-order chi connectivity index (χ1) is 9.60. The summed E-state index contributed by atoms with van der Waals surface area (Å²) in [5.41, 5.74) is 0.457. The molecule has 0 amide bonds. The van der Waals surface area contributed by atoms with E-state index in [9.17, 15) is 9.59 Å². The highest BCUT2D eigenvalue weighted by atomic mass is 16.2. The van der Waals surface area contributed by atoms with Crippen LogP contribution in [0, 0.1) is 0 Å². The molecule has 0 aliphatic carbocycles. The Balaban J connectivity index is 2.98. The molecule has 0 unspecified atom stereocenters. The van der Waals surface area contributed by atoms with Crippen LogP contribution in [0.2, 0.25) is 0 Å². The third kappa shape index (κ3) is 1.98. The minimum atomic E-state index is -0.288. The molecule has 0 saturated heterocycles. The number of aromatic nitrogens is 4. The van der Waals surface area contributed by atoms with Crippen LogP contribution < -0.4 is 16.6 Å². The lowest BCUT2D eigenvalue weighted by molar-refractivity contribution is 0.602. The molecule has 20 heavy (non-hydrogen) atoms. The van der Waals surface area contributed by atoms with Crippen LogP contribution in [0.25, 0.3) is 11.2 Å². The van der Waals surface area contributed by atoms with Crippen LogP contribution in [0.3, 0.4) is 0 Å². The van der Waals surface area contributed by atoms with Gasteiger partial charge >= 0.3 is 5.69 Å². The van der Waals surface area contributed by atoms with E-state index in [0.29, 0.717) is 37.3 Å². The lowest BCUT2D eigenvalue weighted by Crippen LogP contribution is -2.40. The van der Waals surface area contributed by atoms with Crippen molar-refractivity contribution in [3.63, 3.8) is 0 Å². The number of imidazole rings is 1. The highest BCUT2D eigenvalue weighted by Crippen LogP contribution is 2.11. The van der Waals surface area contributed by atoms with Crippen molar-refractivity contribution in [1.82, 2.24) is 24.0 Å². The molecule has 0 aliphatic rings. The minimum Gasteiger partial charge on any atom is -0.321 e. The maximum absolute atomic E-state index is 12.5. The number of hydrogen-bond acceptors (Lipinski definition) is 4. The molecule has 0 radical (unpaired) electrons. The molecule has 7 heteroatoms. The van der Waals surface area contributed by atoms with Gasteiger partial charge in [0.25, 0.3) is 5.56 Å². The first kappa shape index (κ1) is 14.5. The Kier molecular flexibility index (Phi) is 4.08. The third-order valence-corrected chi connectivity index (χ3v) is 3.48. The summed E-state index contributed by atoms with van der Waals surface area (Å²) in [5, 5.41) is 3.04. The molecule has 110 valence electrons. The predicted molar refractivity (Wildman–Crippen MR) is 78.0 cm³/mol. The van der Waals surface area contributed by atoms with Crippen LogP contribution in [0.5, 0.6) is 0 Å². The first-order valence-electron chi connectivity index (χ1n) is 6.97. The molecule has 0 aromatic carbocycles. The van der Waals surface area contributed by atoms with Gasteiger partial charge in [0.1, 0.15) is 5.82 Å². The molecule has 2 aromatic rings. The van der Waals surface area contributed by atoms with Gasteiger partial charge in [0, 0.05) is 19.6 Å². The van der Waals surface area contributed by atoms with Gasteiger partial charge < -0.3 is 9.88 Å². The molecule has 2 heterocycles. The summed E-state index contributed by atoms with van der Waals surface area (Å²) in [6.45, 7) is 7.72. The molecule has 0 fully saturated rings. The second-order valence-corrected chi connectivity index (χ2v) is 4.55. The molecule has 0 aliphatic heterocycles. The first-order valence-corrected chi connectivity index (χ1v) is 6.97. The Morgan fingerprint density at radius 1 is 1.00 bits per heavy atom. The Bertz CT molecular complexity index is 738. The van der Waals surface area contributed by atoms with Gasteiger partial charge in [-0.25, -0.2) is 9.78 Å². The minimum absolute atomic E-state index is 0.256. The van der Waals surface area contributed by atoms with Gasteiger partial charge in [-0.15, -0.1) is 0 Å². The largest absolute Gasteiger partial charge is 0.332 e. The summed E-state index contributed by atoms with van der Waals surface area (Å²) < 4.78 is 4.71. The summed E-state index contributed by atoms with van der Waals surface area (Å²) in [6.07, 6.45) is 0. The van der Waals surface area contributed by atoms with E-state index in [0.717, 1.165) is 5.82 Å².